The fraction of sp³-hybridized carbons (Fsp3) is 0.469. The molecule has 0 amide bonds. The predicted octanol–water partition coefficient (Wildman–Crippen LogP) is 7.96. The highest BCUT2D eigenvalue weighted by Gasteiger charge is 2.50. The Morgan fingerprint density at radius 2 is 1.14 bits per heavy atom. The molecule has 1 fully saturated rings. The van der Waals surface area contributed by atoms with Gasteiger partial charge in [-0.25, -0.2) is 9.98 Å². The van der Waals surface area contributed by atoms with Crippen molar-refractivity contribution in [1.82, 2.24) is 18.4 Å². The lowest BCUT2D eigenvalue weighted by atomic mass is 9.97. The number of unbranched alkanes of at least 4 members (excludes halogenated alkanes) is 5. The molecule has 11 heteroatoms. The van der Waals surface area contributed by atoms with Gasteiger partial charge in [-0.05, 0) is 83.5 Å². The number of hydrogen-bond acceptors (Lipinski definition) is 6. The zero-order valence-electron chi connectivity index (χ0n) is 24.6. The molecule has 226 valence electrons. The van der Waals surface area contributed by atoms with Gasteiger partial charge >= 0.3 is 0 Å². The number of hydrogen-bond donors (Lipinski definition) is 0. The first-order chi connectivity index (χ1) is 21.0. The SMILES string of the molecule is CCCCCCCCC1CN2C(=S)N(Cc3ccc(CN=C=S)cc3)S3=C2N(C1)C(=S)N3Cc1ccc(CN=C=S)cc1. The zero-order valence-corrected chi connectivity index (χ0v) is 28.7. The smallest absolute Gasteiger partial charge is 0.189 e. The largest absolute Gasteiger partial charge is 0.296 e. The molecule has 0 N–H and O–H groups in total. The van der Waals surface area contributed by atoms with Gasteiger partial charge in [-0.15, -0.1) is 0 Å². The minimum atomic E-state index is -0.392. The molecule has 5 rings (SSSR count). The molecule has 0 unspecified atom stereocenters. The monoisotopic (exact) mass is 666 g/mol. The lowest BCUT2D eigenvalue weighted by Crippen LogP contribution is -2.56. The molecule has 2 aromatic rings. The summed E-state index contributed by atoms with van der Waals surface area (Å²) in [6.45, 7) is 6.77. The molecule has 0 aromatic heterocycles. The molecule has 0 saturated carbocycles. The molecule has 1 saturated heterocycles. The van der Waals surface area contributed by atoms with Crippen LogP contribution in [0.3, 0.4) is 0 Å². The number of isothiocyanates is 2. The first-order valence-corrected chi connectivity index (χ1v) is 17.8. The van der Waals surface area contributed by atoms with Gasteiger partial charge in [0.05, 0.1) is 47.4 Å². The topological polar surface area (TPSA) is 37.7 Å². The van der Waals surface area contributed by atoms with Crippen molar-refractivity contribution in [2.24, 2.45) is 15.9 Å². The molecule has 0 aliphatic carbocycles. The summed E-state index contributed by atoms with van der Waals surface area (Å²) in [5.74, 6) is 0.540. The number of rotatable bonds is 15. The highest BCUT2D eigenvalue weighted by molar-refractivity contribution is 8.14. The van der Waals surface area contributed by atoms with E-state index in [0.29, 0.717) is 19.0 Å². The quantitative estimate of drug-likeness (QED) is 0.108. The third-order valence-electron chi connectivity index (χ3n) is 8.13. The average Bonchev–Trinajstić information content (AvgIpc) is 3.46. The van der Waals surface area contributed by atoms with Crippen LogP contribution in [0.4, 0.5) is 0 Å². The van der Waals surface area contributed by atoms with Crippen LogP contribution in [0.5, 0.6) is 0 Å². The third kappa shape index (κ3) is 7.66. The summed E-state index contributed by atoms with van der Waals surface area (Å²) in [7, 11) is -0.392. The standard InChI is InChI=1S/C32H38N6S5/c1-2-3-4-5-6-7-8-29-19-35-30(41)37(21-27-13-9-25(10-14-27)17-33-23-39)43-32(35)36(20-29)31(42)38(43)22-28-15-11-26(12-16-28)18-34-24-40/h9-16,29H,2-8,17-22H2,1H3. The summed E-state index contributed by atoms with van der Waals surface area (Å²) in [6, 6.07) is 17.1. The van der Waals surface area contributed by atoms with Crippen molar-refractivity contribution in [3.63, 3.8) is 0 Å². The molecule has 43 heavy (non-hydrogen) atoms. The molecule has 3 aliphatic heterocycles. The van der Waals surface area contributed by atoms with E-state index in [2.05, 4.69) is 94.2 Å². The molecule has 0 bridgehead atoms. The van der Waals surface area contributed by atoms with Crippen molar-refractivity contribution >= 4 is 85.4 Å². The van der Waals surface area contributed by atoms with Crippen LogP contribution in [-0.4, -0.2) is 57.2 Å². The highest BCUT2D eigenvalue weighted by atomic mass is 32.2. The van der Waals surface area contributed by atoms with Crippen molar-refractivity contribution < 1.29 is 0 Å². The van der Waals surface area contributed by atoms with E-state index in [0.717, 1.165) is 47.5 Å². The average molecular weight is 667 g/mol. The Kier molecular flexibility index (Phi) is 11.6. The van der Waals surface area contributed by atoms with Gasteiger partial charge in [0.2, 0.25) is 0 Å². The van der Waals surface area contributed by atoms with E-state index in [4.69, 9.17) is 48.9 Å². The molecular weight excluding hydrogens is 629 g/mol. The van der Waals surface area contributed by atoms with Crippen molar-refractivity contribution in [2.75, 3.05) is 13.1 Å². The number of nitrogens with zero attached hydrogens (tertiary/aromatic N) is 6. The van der Waals surface area contributed by atoms with Gasteiger partial charge in [0, 0.05) is 13.1 Å². The van der Waals surface area contributed by atoms with E-state index < -0.39 is 10.9 Å². The predicted molar refractivity (Wildman–Crippen MR) is 194 cm³/mol. The zero-order chi connectivity index (χ0) is 30.2. The molecule has 3 aliphatic rings. The first-order valence-electron chi connectivity index (χ1n) is 15.1. The van der Waals surface area contributed by atoms with Gasteiger partial charge in [-0.1, -0.05) is 94.0 Å². The molecule has 0 spiro atoms. The summed E-state index contributed by atoms with van der Waals surface area (Å²) in [5.41, 5.74) is 4.65. The maximum absolute atomic E-state index is 6.22. The Morgan fingerprint density at radius 1 is 0.698 bits per heavy atom. The molecule has 0 radical (unpaired) electrons. The van der Waals surface area contributed by atoms with Crippen molar-refractivity contribution in [3.05, 3.63) is 70.8 Å². The second-order valence-corrected chi connectivity index (χ2v) is 14.1. The van der Waals surface area contributed by atoms with Gasteiger partial charge in [0.1, 0.15) is 0 Å². The van der Waals surface area contributed by atoms with Crippen LogP contribution >= 0.6 is 59.7 Å². The van der Waals surface area contributed by atoms with Crippen LogP contribution in [0.15, 0.2) is 58.5 Å². The van der Waals surface area contributed by atoms with Gasteiger partial charge in [0.15, 0.2) is 15.3 Å². The van der Waals surface area contributed by atoms with E-state index in [1.165, 1.54) is 61.2 Å². The van der Waals surface area contributed by atoms with Crippen LogP contribution in [0, 0.1) is 5.92 Å². The minimum absolute atomic E-state index is 0.392. The molecular formula is C32H38N6S5. The Bertz CT molecular complexity index is 1340. The first kappa shape index (κ1) is 32.0. The molecule has 0 atom stereocenters. The maximum atomic E-state index is 6.22. The van der Waals surface area contributed by atoms with E-state index >= 15 is 0 Å². The normalized spacial score (nSPS) is 19.0. The van der Waals surface area contributed by atoms with Crippen LogP contribution in [0.1, 0.15) is 74.1 Å². The van der Waals surface area contributed by atoms with E-state index in [1.54, 1.807) is 0 Å². The Balaban J connectivity index is 1.37. The number of benzene rings is 2. The van der Waals surface area contributed by atoms with Gasteiger partial charge in [-0.2, -0.15) is 0 Å². The second kappa shape index (κ2) is 15.6. The second-order valence-electron chi connectivity index (χ2n) is 11.3. The maximum Gasteiger partial charge on any atom is 0.189 e. The summed E-state index contributed by atoms with van der Waals surface area (Å²) < 4.78 is 4.77. The van der Waals surface area contributed by atoms with Crippen molar-refractivity contribution in [2.45, 2.75) is 78.0 Å². The fourth-order valence-electron chi connectivity index (χ4n) is 5.86. The van der Waals surface area contributed by atoms with E-state index in [-0.39, 0.29) is 0 Å². The third-order valence-corrected chi connectivity index (χ3v) is 11.7. The van der Waals surface area contributed by atoms with Gasteiger partial charge < -0.3 is 0 Å². The summed E-state index contributed by atoms with van der Waals surface area (Å²) >= 11 is 21.9. The van der Waals surface area contributed by atoms with E-state index in [1.807, 2.05) is 0 Å². The molecule has 3 heterocycles. The van der Waals surface area contributed by atoms with Crippen LogP contribution in [-0.2, 0) is 26.2 Å². The van der Waals surface area contributed by atoms with Crippen molar-refractivity contribution in [3.8, 4) is 0 Å². The number of aliphatic imine (C=N–C) groups is 2. The lowest BCUT2D eigenvalue weighted by Gasteiger charge is -2.40. The van der Waals surface area contributed by atoms with Crippen LogP contribution < -0.4 is 0 Å². The molecule has 6 nitrogen and oxygen atoms in total. The highest BCUT2D eigenvalue weighted by Crippen LogP contribution is 2.46. The Labute approximate surface area is 280 Å². The lowest BCUT2D eigenvalue weighted by molar-refractivity contribution is 0.281. The minimum Gasteiger partial charge on any atom is -0.296 e. The molecule has 2 aromatic carbocycles. The summed E-state index contributed by atoms with van der Waals surface area (Å²) in [4.78, 5) is 12.9. The number of thiocarbonyl (C=S) groups is 4. The summed E-state index contributed by atoms with van der Waals surface area (Å²) in [6.07, 6.45) is 9.09. The Hall–Kier alpha value is -2.36. The van der Waals surface area contributed by atoms with Crippen molar-refractivity contribution in [1.29, 1.82) is 0 Å². The summed E-state index contributed by atoms with van der Waals surface area (Å²) in [5, 5.41) is 7.98. The van der Waals surface area contributed by atoms with Crippen LogP contribution in [0.25, 0.3) is 0 Å². The van der Waals surface area contributed by atoms with Gasteiger partial charge in [-0.3, -0.25) is 18.4 Å². The Morgan fingerprint density at radius 3 is 1.60 bits per heavy atom. The van der Waals surface area contributed by atoms with Gasteiger partial charge in [0.25, 0.3) is 0 Å². The van der Waals surface area contributed by atoms with Crippen LogP contribution in [0.2, 0.25) is 0 Å². The fourth-order valence-corrected chi connectivity index (χ4v) is 9.36. The van der Waals surface area contributed by atoms with E-state index in [9.17, 15) is 0 Å².